The van der Waals surface area contributed by atoms with Crippen LogP contribution in [0.5, 0.6) is 0 Å². The maximum Gasteiger partial charge on any atom is 0.127 e. The molecular formula is C24H45Si5. The standard InChI is InChI=1S/C24H45Si5/c1-14-21-22(19-20-29(17-4,18-5)25(15-2)16-3)24(27(9,10)11)28(12,13)23(21)26(6,7)8/h1H,15-18H2,2-13H3. The van der Waals surface area contributed by atoms with Crippen LogP contribution in [0.3, 0.4) is 0 Å². The molecule has 5 heteroatoms. The molecule has 0 aromatic rings. The van der Waals surface area contributed by atoms with Crippen LogP contribution < -0.4 is 0 Å². The Bertz CT molecular complexity index is 774. The fraction of sp³-hybridized carbons (Fsp3) is 0.667. The summed E-state index contributed by atoms with van der Waals surface area (Å²) in [7, 11) is -6.62. The third-order valence-electron chi connectivity index (χ3n) is 6.81. The van der Waals surface area contributed by atoms with E-state index in [0.29, 0.717) is 0 Å². The predicted octanol–water partition coefficient (Wildman–Crippen LogP) is 7.41. The van der Waals surface area contributed by atoms with E-state index < -0.39 is 31.8 Å². The molecule has 0 nitrogen and oxygen atoms in total. The van der Waals surface area contributed by atoms with Gasteiger partial charge in [-0.15, -0.1) is 12.0 Å². The molecule has 0 amide bonds. The molecule has 161 valence electrons. The average molecular weight is 474 g/mol. The summed E-state index contributed by atoms with van der Waals surface area (Å²) in [5.74, 6) is 7.09. The number of hydrogen-bond donors (Lipinski definition) is 0. The molecule has 0 saturated carbocycles. The lowest BCUT2D eigenvalue weighted by molar-refractivity contribution is 1.27. The summed E-state index contributed by atoms with van der Waals surface area (Å²) in [6.07, 6.45) is 6.22. The van der Waals surface area contributed by atoms with Crippen LogP contribution in [0.2, 0.25) is 76.6 Å². The molecule has 1 heterocycles. The van der Waals surface area contributed by atoms with Crippen molar-refractivity contribution in [2.75, 3.05) is 0 Å². The highest BCUT2D eigenvalue weighted by atomic mass is 29.2. The predicted molar refractivity (Wildman–Crippen MR) is 148 cm³/mol. The van der Waals surface area contributed by atoms with E-state index in [1.54, 1.807) is 9.64 Å². The van der Waals surface area contributed by atoms with Gasteiger partial charge in [0.15, 0.2) is 0 Å². The van der Waals surface area contributed by atoms with Crippen LogP contribution in [0.1, 0.15) is 27.7 Å². The van der Waals surface area contributed by atoms with Gasteiger partial charge in [0.1, 0.15) is 7.59 Å². The molecule has 0 saturated heterocycles. The first-order valence-electron chi connectivity index (χ1n) is 11.5. The van der Waals surface area contributed by atoms with Gasteiger partial charge >= 0.3 is 0 Å². The van der Waals surface area contributed by atoms with Crippen LogP contribution >= 0.6 is 0 Å². The Morgan fingerprint density at radius 3 is 1.52 bits per heavy atom. The van der Waals surface area contributed by atoms with Gasteiger partial charge in [-0.3, -0.25) is 0 Å². The first-order valence-corrected chi connectivity index (χ1v) is 26.9. The Kier molecular flexibility index (Phi) is 8.70. The van der Waals surface area contributed by atoms with Gasteiger partial charge in [0.05, 0.1) is 32.5 Å². The Labute approximate surface area is 188 Å². The van der Waals surface area contributed by atoms with E-state index in [0.717, 1.165) is 0 Å². The summed E-state index contributed by atoms with van der Waals surface area (Å²) in [5.41, 5.74) is 6.64. The van der Waals surface area contributed by atoms with Crippen molar-refractivity contribution in [3.63, 3.8) is 0 Å². The number of hydrogen-bond acceptors (Lipinski definition) is 0. The van der Waals surface area contributed by atoms with Gasteiger partial charge in [0, 0.05) is 11.1 Å². The van der Waals surface area contributed by atoms with Gasteiger partial charge in [-0.1, -0.05) is 126 Å². The monoisotopic (exact) mass is 473 g/mol. The molecular weight excluding hydrogens is 429 g/mol. The van der Waals surface area contributed by atoms with E-state index in [2.05, 4.69) is 97.5 Å². The summed E-state index contributed by atoms with van der Waals surface area (Å²) in [4.78, 5) is 3.45. The van der Waals surface area contributed by atoms with Gasteiger partial charge in [-0.2, -0.15) is 0 Å². The molecule has 1 radical (unpaired) electrons. The minimum Gasteiger partial charge on any atom is -0.129 e. The fourth-order valence-electron chi connectivity index (χ4n) is 6.02. The lowest BCUT2D eigenvalue weighted by Gasteiger charge is -2.37. The first-order chi connectivity index (χ1) is 13.2. The van der Waals surface area contributed by atoms with Crippen molar-refractivity contribution in [2.45, 2.75) is 104 Å². The quantitative estimate of drug-likeness (QED) is 0.266. The van der Waals surface area contributed by atoms with Crippen LogP contribution in [0.4, 0.5) is 0 Å². The van der Waals surface area contributed by atoms with Crippen molar-refractivity contribution >= 4 is 40.1 Å². The van der Waals surface area contributed by atoms with E-state index in [4.69, 9.17) is 6.42 Å². The third-order valence-corrected chi connectivity index (χ3v) is 36.3. The van der Waals surface area contributed by atoms with Crippen LogP contribution in [0.25, 0.3) is 0 Å². The van der Waals surface area contributed by atoms with Gasteiger partial charge in [-0.25, -0.2) is 0 Å². The summed E-state index contributed by atoms with van der Waals surface area (Å²) in [6, 6.07) is 5.33. The van der Waals surface area contributed by atoms with Crippen molar-refractivity contribution in [3.8, 4) is 23.8 Å². The van der Waals surface area contributed by atoms with Gasteiger partial charge in [-0.05, 0) is 0 Å². The Balaban J connectivity index is 3.92. The van der Waals surface area contributed by atoms with Crippen molar-refractivity contribution in [1.82, 2.24) is 0 Å². The minimum absolute atomic E-state index is 0.354. The lowest BCUT2D eigenvalue weighted by atomic mass is 10.1. The first kappa shape index (κ1) is 26.7. The van der Waals surface area contributed by atoms with Crippen LogP contribution in [-0.4, -0.2) is 40.1 Å². The third kappa shape index (κ3) is 5.13. The van der Waals surface area contributed by atoms with Crippen LogP contribution in [0.15, 0.2) is 20.8 Å². The van der Waals surface area contributed by atoms with Gasteiger partial charge < -0.3 is 0 Å². The van der Waals surface area contributed by atoms with Crippen molar-refractivity contribution in [3.05, 3.63) is 20.8 Å². The Hall–Kier alpha value is -0.316. The largest absolute Gasteiger partial charge is 0.129 e. The number of rotatable bonds is 7. The Morgan fingerprint density at radius 1 is 0.793 bits per heavy atom. The highest BCUT2D eigenvalue weighted by molar-refractivity contribution is 7.36. The van der Waals surface area contributed by atoms with Crippen LogP contribution in [-0.2, 0) is 0 Å². The zero-order valence-electron chi connectivity index (χ0n) is 21.4. The van der Waals surface area contributed by atoms with Crippen molar-refractivity contribution in [2.24, 2.45) is 0 Å². The maximum absolute atomic E-state index is 6.22. The SMILES string of the molecule is C#CC1=C([Si](C)(C)C)[Si](C)(C)C([Si](C)(C)C)=C1C#C[Si](CC)(CC)[Si](CC)CC. The highest BCUT2D eigenvalue weighted by Crippen LogP contribution is 2.46. The molecule has 0 aromatic carbocycles. The minimum atomic E-state index is -1.72. The van der Waals surface area contributed by atoms with Gasteiger partial charge in [0.25, 0.3) is 0 Å². The molecule has 1 rings (SSSR count). The van der Waals surface area contributed by atoms with E-state index in [-0.39, 0.29) is 8.31 Å². The molecule has 1 aliphatic heterocycles. The molecule has 0 N–H and O–H groups in total. The molecule has 0 bridgehead atoms. The second-order valence-electron chi connectivity index (χ2n) is 11.1. The van der Waals surface area contributed by atoms with Crippen molar-refractivity contribution in [1.29, 1.82) is 0 Å². The molecule has 0 spiro atoms. The molecule has 0 aliphatic carbocycles. The fourth-order valence-corrected chi connectivity index (χ4v) is 37.9. The van der Waals surface area contributed by atoms with E-state index in [9.17, 15) is 0 Å². The molecule has 0 atom stereocenters. The smallest absolute Gasteiger partial charge is 0.127 e. The summed E-state index contributed by atoms with van der Waals surface area (Å²) < 4.78 is 0. The Morgan fingerprint density at radius 2 is 1.21 bits per heavy atom. The van der Waals surface area contributed by atoms with E-state index >= 15 is 0 Å². The van der Waals surface area contributed by atoms with Crippen molar-refractivity contribution < 1.29 is 0 Å². The zero-order chi connectivity index (χ0) is 22.8. The van der Waals surface area contributed by atoms with E-state index in [1.165, 1.54) is 35.3 Å². The molecule has 0 unspecified atom stereocenters. The molecule has 29 heavy (non-hydrogen) atoms. The second kappa shape index (κ2) is 9.45. The maximum atomic E-state index is 6.22. The lowest BCUT2D eigenvalue weighted by Crippen LogP contribution is -2.49. The summed E-state index contributed by atoms with van der Waals surface area (Å²) in [6.45, 7) is 29.8. The topological polar surface area (TPSA) is 0 Å². The molecule has 0 aromatic heterocycles. The number of allylic oxidation sites excluding steroid dienone is 2. The summed E-state index contributed by atoms with van der Waals surface area (Å²) in [5, 5.41) is 0. The molecule has 0 fully saturated rings. The number of terminal acetylenes is 1. The summed E-state index contributed by atoms with van der Waals surface area (Å²) >= 11 is 0. The normalized spacial score (nSPS) is 17.5. The second-order valence-corrected chi connectivity index (χ2v) is 37.8. The average Bonchev–Trinajstić information content (AvgIpc) is 2.84. The molecule has 1 aliphatic rings. The van der Waals surface area contributed by atoms with E-state index in [1.807, 2.05) is 0 Å². The van der Waals surface area contributed by atoms with Gasteiger partial charge in [0.2, 0.25) is 0 Å². The van der Waals surface area contributed by atoms with Crippen LogP contribution in [0, 0.1) is 23.8 Å². The zero-order valence-corrected chi connectivity index (χ0v) is 26.4. The highest BCUT2D eigenvalue weighted by Gasteiger charge is 2.49.